The number of hydrogen-bond donors (Lipinski definition) is 1. The van der Waals surface area contributed by atoms with Gasteiger partial charge in [0.05, 0.1) is 18.5 Å². The van der Waals surface area contributed by atoms with E-state index in [1.54, 1.807) is 12.3 Å². The van der Waals surface area contributed by atoms with Crippen molar-refractivity contribution in [1.29, 1.82) is 0 Å². The third-order valence-corrected chi connectivity index (χ3v) is 6.17. The van der Waals surface area contributed by atoms with Crippen molar-refractivity contribution in [2.75, 3.05) is 25.1 Å². The van der Waals surface area contributed by atoms with Gasteiger partial charge in [0.1, 0.15) is 11.9 Å². The minimum atomic E-state index is -3.27. The number of nitrogens with zero attached hydrogens (tertiary/aromatic N) is 3. The van der Waals surface area contributed by atoms with Crippen LogP contribution in [-0.2, 0) is 14.8 Å². The van der Waals surface area contributed by atoms with Crippen molar-refractivity contribution in [3.05, 3.63) is 18.1 Å². The first-order chi connectivity index (χ1) is 10.5. The highest BCUT2D eigenvalue weighted by molar-refractivity contribution is 7.90. The molecule has 1 aliphatic heterocycles. The maximum absolute atomic E-state index is 12.6. The van der Waals surface area contributed by atoms with E-state index in [0.717, 1.165) is 12.8 Å². The molecule has 0 amide bonds. The molecule has 1 aliphatic carbocycles. The molecular formula is C14H22N4O3S. The molecule has 3 rings (SSSR count). The molecule has 0 aromatic carbocycles. The number of nitrogens with one attached hydrogen (secondary N) is 1. The summed E-state index contributed by atoms with van der Waals surface area (Å²) < 4.78 is 32.2. The van der Waals surface area contributed by atoms with Gasteiger partial charge in [-0.1, -0.05) is 0 Å². The molecule has 8 heteroatoms. The maximum Gasteiger partial charge on any atom is 0.217 e. The summed E-state index contributed by atoms with van der Waals surface area (Å²) in [4.78, 5) is 8.75. The summed E-state index contributed by atoms with van der Waals surface area (Å²) in [5.74, 6) is 1.20. The van der Waals surface area contributed by atoms with E-state index in [2.05, 4.69) is 15.3 Å². The number of sulfonamides is 1. The van der Waals surface area contributed by atoms with Crippen LogP contribution in [0, 0.1) is 0 Å². The monoisotopic (exact) mass is 326 g/mol. The molecule has 1 saturated carbocycles. The average molecular weight is 326 g/mol. The van der Waals surface area contributed by atoms with Crippen LogP contribution in [0.1, 0.15) is 38.6 Å². The zero-order valence-electron chi connectivity index (χ0n) is 12.9. The highest BCUT2D eigenvalue weighted by Crippen LogP contribution is 2.36. The Balaban J connectivity index is 1.87. The lowest BCUT2D eigenvalue weighted by atomic mass is 10.2. The van der Waals surface area contributed by atoms with Gasteiger partial charge in [0, 0.05) is 18.8 Å². The highest BCUT2D eigenvalue weighted by atomic mass is 32.2. The molecule has 1 saturated heterocycles. The van der Waals surface area contributed by atoms with Crippen molar-refractivity contribution in [2.45, 2.75) is 44.0 Å². The lowest BCUT2D eigenvalue weighted by Crippen LogP contribution is -2.45. The van der Waals surface area contributed by atoms with Crippen LogP contribution in [0.2, 0.25) is 0 Å². The molecule has 0 spiro atoms. The van der Waals surface area contributed by atoms with Crippen molar-refractivity contribution < 1.29 is 13.2 Å². The summed E-state index contributed by atoms with van der Waals surface area (Å²) in [6, 6.07) is 1.59. The second-order valence-corrected chi connectivity index (χ2v) is 8.21. The van der Waals surface area contributed by atoms with E-state index in [1.807, 2.05) is 13.8 Å². The minimum Gasteiger partial charge on any atom is -0.378 e. The third kappa shape index (κ3) is 3.23. The normalized spacial score (nSPS) is 23.7. The van der Waals surface area contributed by atoms with E-state index < -0.39 is 16.1 Å². The number of anilines is 1. The Morgan fingerprint density at radius 1 is 1.41 bits per heavy atom. The van der Waals surface area contributed by atoms with Gasteiger partial charge in [0.2, 0.25) is 10.0 Å². The maximum atomic E-state index is 12.6. The number of rotatable bonds is 5. The molecule has 2 aliphatic rings. The van der Waals surface area contributed by atoms with Gasteiger partial charge in [0.25, 0.3) is 0 Å². The Labute approximate surface area is 131 Å². The van der Waals surface area contributed by atoms with Crippen LogP contribution in [0.5, 0.6) is 0 Å². The summed E-state index contributed by atoms with van der Waals surface area (Å²) >= 11 is 0. The van der Waals surface area contributed by atoms with Crippen molar-refractivity contribution in [3.63, 3.8) is 0 Å². The molecular weight excluding hydrogens is 304 g/mol. The summed E-state index contributed by atoms with van der Waals surface area (Å²) in [6.45, 7) is 5.14. The molecule has 0 radical (unpaired) electrons. The number of hydrogen-bond acceptors (Lipinski definition) is 6. The first-order valence-corrected chi connectivity index (χ1v) is 9.16. The van der Waals surface area contributed by atoms with E-state index >= 15 is 0 Å². The van der Waals surface area contributed by atoms with Crippen LogP contribution >= 0.6 is 0 Å². The SMILES string of the molecule is CC(C)Nc1ccnc(C2COCCN2S(=O)(=O)C2CC2)n1. The minimum absolute atomic E-state index is 0.231. The van der Waals surface area contributed by atoms with Crippen LogP contribution < -0.4 is 5.32 Å². The van der Waals surface area contributed by atoms with Gasteiger partial charge in [-0.25, -0.2) is 18.4 Å². The topological polar surface area (TPSA) is 84.4 Å². The summed E-state index contributed by atoms with van der Waals surface area (Å²) in [5.41, 5.74) is 0. The van der Waals surface area contributed by atoms with Crippen molar-refractivity contribution in [1.82, 2.24) is 14.3 Å². The molecule has 1 unspecified atom stereocenters. The fourth-order valence-corrected chi connectivity index (χ4v) is 4.52. The van der Waals surface area contributed by atoms with Crippen LogP contribution in [0.15, 0.2) is 12.3 Å². The average Bonchev–Trinajstić information content (AvgIpc) is 3.32. The van der Waals surface area contributed by atoms with Crippen molar-refractivity contribution >= 4 is 15.8 Å². The van der Waals surface area contributed by atoms with Gasteiger partial charge in [-0.15, -0.1) is 0 Å². The zero-order valence-corrected chi connectivity index (χ0v) is 13.7. The second-order valence-electron chi connectivity index (χ2n) is 6.04. The van der Waals surface area contributed by atoms with Gasteiger partial charge in [-0.05, 0) is 32.8 Å². The zero-order chi connectivity index (χ0) is 15.7. The highest BCUT2D eigenvalue weighted by Gasteiger charge is 2.45. The standard InChI is InChI=1S/C14H22N4O3S/c1-10(2)16-13-5-6-15-14(17-13)12-9-21-8-7-18(12)22(19,20)11-3-4-11/h5-6,10-12H,3-4,7-9H2,1-2H3,(H,15,16,17). The van der Waals surface area contributed by atoms with Gasteiger partial charge in [-0.2, -0.15) is 4.31 Å². The quantitative estimate of drug-likeness (QED) is 0.874. The van der Waals surface area contributed by atoms with Gasteiger partial charge < -0.3 is 10.1 Å². The fraction of sp³-hybridized carbons (Fsp3) is 0.714. The summed E-state index contributed by atoms with van der Waals surface area (Å²) in [6.07, 6.45) is 3.16. The lowest BCUT2D eigenvalue weighted by Gasteiger charge is -2.33. The molecule has 0 bridgehead atoms. The Morgan fingerprint density at radius 3 is 2.86 bits per heavy atom. The van der Waals surface area contributed by atoms with Crippen LogP contribution in [0.3, 0.4) is 0 Å². The van der Waals surface area contributed by atoms with E-state index in [-0.39, 0.29) is 11.3 Å². The molecule has 1 N–H and O–H groups in total. The number of aromatic nitrogens is 2. The molecule has 22 heavy (non-hydrogen) atoms. The molecule has 1 atom stereocenters. The number of ether oxygens (including phenoxy) is 1. The number of morpholine rings is 1. The summed E-state index contributed by atoms with van der Waals surface area (Å²) in [7, 11) is -3.27. The second kappa shape index (κ2) is 6.10. The molecule has 1 aromatic heterocycles. The Morgan fingerprint density at radius 2 is 2.18 bits per heavy atom. The molecule has 2 fully saturated rings. The molecule has 7 nitrogen and oxygen atoms in total. The van der Waals surface area contributed by atoms with Crippen molar-refractivity contribution in [2.24, 2.45) is 0 Å². The van der Waals surface area contributed by atoms with Crippen LogP contribution in [-0.4, -0.2) is 53.7 Å². The first kappa shape index (κ1) is 15.6. The van der Waals surface area contributed by atoms with Gasteiger partial charge >= 0.3 is 0 Å². The van der Waals surface area contributed by atoms with E-state index in [9.17, 15) is 8.42 Å². The smallest absolute Gasteiger partial charge is 0.217 e. The van der Waals surface area contributed by atoms with E-state index in [0.29, 0.717) is 31.4 Å². The first-order valence-electron chi connectivity index (χ1n) is 7.66. The largest absolute Gasteiger partial charge is 0.378 e. The molecule has 1 aromatic rings. The lowest BCUT2D eigenvalue weighted by molar-refractivity contribution is 0.0289. The predicted molar refractivity (Wildman–Crippen MR) is 83.0 cm³/mol. The van der Waals surface area contributed by atoms with Crippen LogP contribution in [0.4, 0.5) is 5.82 Å². The third-order valence-electron chi connectivity index (χ3n) is 3.76. The fourth-order valence-electron chi connectivity index (χ4n) is 2.56. The van der Waals surface area contributed by atoms with Gasteiger partial charge in [0.15, 0.2) is 5.82 Å². The molecule has 122 valence electrons. The molecule has 2 heterocycles. The van der Waals surface area contributed by atoms with Crippen molar-refractivity contribution in [3.8, 4) is 0 Å². The van der Waals surface area contributed by atoms with E-state index in [1.165, 1.54) is 4.31 Å². The van der Waals surface area contributed by atoms with Crippen LogP contribution in [0.25, 0.3) is 0 Å². The Kier molecular flexibility index (Phi) is 4.33. The Bertz CT molecular complexity index is 631. The Hall–Kier alpha value is -1.25. The van der Waals surface area contributed by atoms with Gasteiger partial charge in [-0.3, -0.25) is 0 Å². The predicted octanol–water partition coefficient (Wildman–Crippen LogP) is 1.16. The summed E-state index contributed by atoms with van der Waals surface area (Å²) in [5, 5.41) is 2.98. The van der Waals surface area contributed by atoms with E-state index in [4.69, 9.17) is 4.74 Å².